The molecule has 8 heavy (non-hydrogen) atoms. The first-order valence-electron chi connectivity index (χ1n) is 2.27. The zero-order valence-electron chi connectivity index (χ0n) is 5.05. The number of nitrogens with zero attached hydrogens (tertiary/aromatic N) is 2. The lowest BCUT2D eigenvalue weighted by molar-refractivity contribution is 1.10. The fourth-order valence-electron chi connectivity index (χ4n) is 0.212. The van der Waals surface area contributed by atoms with Gasteiger partial charge >= 0.3 is 0 Å². The minimum Gasteiger partial charge on any atom is -0.388 e. The van der Waals surface area contributed by atoms with Crippen LogP contribution in [0.2, 0.25) is 0 Å². The van der Waals surface area contributed by atoms with E-state index >= 15 is 0 Å². The second kappa shape index (κ2) is 5.92. The van der Waals surface area contributed by atoms with Crippen LogP contribution in [-0.2, 0) is 0 Å². The molecule has 0 spiro atoms. The van der Waals surface area contributed by atoms with E-state index in [1.165, 1.54) is 6.20 Å². The minimum absolute atomic E-state index is 1.48. The monoisotopic (exact) mass is 111 g/mol. The van der Waals surface area contributed by atoms with Gasteiger partial charge in [0.1, 0.15) is 0 Å². The molecule has 3 nitrogen and oxygen atoms in total. The number of azo groups is 1. The van der Waals surface area contributed by atoms with Gasteiger partial charge in [0.15, 0.2) is 0 Å². The lowest BCUT2D eigenvalue weighted by atomic mass is 10.8. The van der Waals surface area contributed by atoms with E-state index in [0.717, 1.165) is 0 Å². The molecule has 0 heterocycles. The van der Waals surface area contributed by atoms with Gasteiger partial charge in [-0.05, 0) is 0 Å². The normalized spacial score (nSPS) is 8.25. The zero-order chi connectivity index (χ0) is 6.24. The summed E-state index contributed by atoms with van der Waals surface area (Å²) in [4.78, 5) is 0. The van der Waals surface area contributed by atoms with Crippen molar-refractivity contribution in [2.45, 2.75) is 0 Å². The summed E-state index contributed by atoms with van der Waals surface area (Å²) < 4.78 is 0. The van der Waals surface area contributed by atoms with Crippen LogP contribution in [0.4, 0.5) is 0 Å². The molecule has 0 aliphatic heterocycles. The van der Waals surface area contributed by atoms with E-state index in [1.807, 2.05) is 0 Å². The van der Waals surface area contributed by atoms with Crippen molar-refractivity contribution >= 4 is 0 Å². The molecule has 0 aliphatic carbocycles. The van der Waals surface area contributed by atoms with E-state index in [1.54, 1.807) is 20.3 Å². The third-order valence-corrected chi connectivity index (χ3v) is 0.475. The largest absolute Gasteiger partial charge is 0.388 e. The molecule has 0 amide bonds. The van der Waals surface area contributed by atoms with Gasteiger partial charge in [-0.3, -0.25) is 0 Å². The Bertz CT molecular complexity index is 120. The maximum absolute atomic E-state index is 3.53. The Morgan fingerprint density at radius 1 is 1.62 bits per heavy atom. The van der Waals surface area contributed by atoms with E-state index in [2.05, 4.69) is 21.3 Å². The highest BCUT2D eigenvalue weighted by molar-refractivity contribution is 4.78. The number of hydrogen-bond donors (Lipinski definition) is 1. The van der Waals surface area contributed by atoms with Crippen LogP contribution in [-0.4, -0.2) is 14.1 Å². The Balaban J connectivity index is 3.47. The summed E-state index contributed by atoms with van der Waals surface area (Å²) in [5.74, 6) is 0. The molecular weight excluding hydrogens is 102 g/mol. The predicted octanol–water partition coefficient (Wildman–Crippen LogP) is 0.914. The molecule has 0 aliphatic rings. The first-order valence-corrected chi connectivity index (χ1v) is 2.27. The van der Waals surface area contributed by atoms with Crippen LogP contribution in [0.3, 0.4) is 0 Å². The van der Waals surface area contributed by atoms with Crippen molar-refractivity contribution < 1.29 is 0 Å². The highest BCUT2D eigenvalue weighted by Gasteiger charge is 1.52. The Morgan fingerprint density at radius 3 is 2.88 bits per heavy atom. The van der Waals surface area contributed by atoms with E-state index in [0.29, 0.717) is 0 Å². The molecule has 0 bridgehead atoms. The molecule has 0 aromatic rings. The van der Waals surface area contributed by atoms with Gasteiger partial charge in [0.05, 0.1) is 6.20 Å². The first-order chi connectivity index (χ1) is 3.91. The van der Waals surface area contributed by atoms with Crippen LogP contribution in [0, 0.1) is 0 Å². The summed E-state index contributed by atoms with van der Waals surface area (Å²) in [6, 6.07) is 0. The molecule has 0 saturated carbocycles. The van der Waals surface area contributed by atoms with Crippen molar-refractivity contribution in [2.75, 3.05) is 14.1 Å². The van der Waals surface area contributed by atoms with Gasteiger partial charge in [-0.2, -0.15) is 10.2 Å². The average molecular weight is 111 g/mol. The minimum atomic E-state index is 1.48. The highest BCUT2D eigenvalue weighted by Crippen LogP contribution is 1.68. The highest BCUT2D eigenvalue weighted by atomic mass is 15.1. The van der Waals surface area contributed by atoms with Crippen molar-refractivity contribution in [3.05, 3.63) is 18.1 Å². The standard InChI is InChI=1S/C5H9N3/c1-6-4-3-5-8-7-2/h4-6H,1-2H3/b8-7-. The van der Waals surface area contributed by atoms with Crippen molar-refractivity contribution in [1.82, 2.24) is 5.32 Å². The summed E-state index contributed by atoms with van der Waals surface area (Å²) in [6.45, 7) is 0. The molecule has 1 N–H and O–H groups in total. The summed E-state index contributed by atoms with van der Waals surface area (Å²) in [6.07, 6.45) is 3.13. The van der Waals surface area contributed by atoms with Gasteiger partial charge in [0.2, 0.25) is 0 Å². The Kier molecular flexibility index (Phi) is 5.12. The molecule has 0 fully saturated rings. The molecule has 44 valence electrons. The topological polar surface area (TPSA) is 36.8 Å². The van der Waals surface area contributed by atoms with Crippen molar-refractivity contribution in [3.63, 3.8) is 0 Å². The van der Waals surface area contributed by atoms with Crippen LogP contribution in [0.5, 0.6) is 0 Å². The Morgan fingerprint density at radius 2 is 2.38 bits per heavy atom. The summed E-state index contributed by atoms with van der Waals surface area (Å²) in [5.41, 5.74) is 2.71. The van der Waals surface area contributed by atoms with Gasteiger partial charge in [-0.25, -0.2) is 0 Å². The smallest absolute Gasteiger partial charge is 0.0924 e. The third-order valence-electron chi connectivity index (χ3n) is 0.475. The van der Waals surface area contributed by atoms with Gasteiger partial charge < -0.3 is 5.32 Å². The quantitative estimate of drug-likeness (QED) is 0.417. The Hall–Kier alpha value is -1.08. The fourth-order valence-corrected chi connectivity index (χ4v) is 0.212. The lowest BCUT2D eigenvalue weighted by Crippen LogP contribution is -1.88. The van der Waals surface area contributed by atoms with Crippen LogP contribution >= 0.6 is 0 Å². The maximum atomic E-state index is 3.53. The molecule has 0 rings (SSSR count). The van der Waals surface area contributed by atoms with Crippen LogP contribution in [0.15, 0.2) is 28.4 Å². The maximum Gasteiger partial charge on any atom is 0.0924 e. The molecule has 0 saturated heterocycles. The van der Waals surface area contributed by atoms with E-state index < -0.39 is 0 Å². The lowest BCUT2D eigenvalue weighted by Gasteiger charge is -1.73. The SMILES string of the molecule is C/N=N\C=C=CNC. The third kappa shape index (κ3) is 4.92. The summed E-state index contributed by atoms with van der Waals surface area (Å²) in [7, 11) is 3.40. The zero-order valence-corrected chi connectivity index (χ0v) is 5.05. The molecule has 0 unspecified atom stereocenters. The molecule has 3 heteroatoms. The molecule has 0 aromatic carbocycles. The number of rotatable bonds is 2. The van der Waals surface area contributed by atoms with Gasteiger partial charge in [0, 0.05) is 20.3 Å². The molecule has 0 atom stereocenters. The summed E-state index contributed by atoms with van der Waals surface area (Å²) >= 11 is 0. The van der Waals surface area contributed by atoms with Crippen LogP contribution in [0.1, 0.15) is 0 Å². The van der Waals surface area contributed by atoms with Gasteiger partial charge in [-0.1, -0.05) is 5.73 Å². The molecule has 0 radical (unpaired) electrons. The average Bonchev–Trinajstić information content (AvgIpc) is 1.81. The fraction of sp³-hybridized carbons (Fsp3) is 0.400. The Labute approximate surface area is 48.8 Å². The summed E-state index contributed by atoms with van der Waals surface area (Å²) in [5, 5.41) is 9.75. The number of nitrogens with one attached hydrogen (secondary N) is 1. The second-order valence-electron chi connectivity index (χ2n) is 1.04. The first kappa shape index (κ1) is 6.92. The second-order valence-corrected chi connectivity index (χ2v) is 1.04. The van der Waals surface area contributed by atoms with Gasteiger partial charge in [0.25, 0.3) is 0 Å². The molecule has 0 aromatic heterocycles. The van der Waals surface area contributed by atoms with Crippen molar-refractivity contribution in [1.29, 1.82) is 0 Å². The van der Waals surface area contributed by atoms with E-state index in [-0.39, 0.29) is 0 Å². The van der Waals surface area contributed by atoms with Crippen molar-refractivity contribution in [2.24, 2.45) is 10.2 Å². The van der Waals surface area contributed by atoms with E-state index in [9.17, 15) is 0 Å². The van der Waals surface area contributed by atoms with Crippen molar-refractivity contribution in [3.8, 4) is 0 Å². The molecular formula is C5H9N3. The predicted molar refractivity (Wildman–Crippen MR) is 32.5 cm³/mol. The number of hydrogen-bond acceptors (Lipinski definition) is 3. The van der Waals surface area contributed by atoms with E-state index in [4.69, 9.17) is 0 Å². The van der Waals surface area contributed by atoms with Crippen LogP contribution in [0.25, 0.3) is 0 Å². The van der Waals surface area contributed by atoms with Crippen LogP contribution < -0.4 is 5.32 Å². The van der Waals surface area contributed by atoms with Gasteiger partial charge in [-0.15, -0.1) is 0 Å².